The quantitative estimate of drug-likeness (QED) is 0.404. The first kappa shape index (κ1) is 20.4. The number of ether oxygens (including phenoxy) is 1. The molecule has 1 atom stereocenters. The van der Waals surface area contributed by atoms with Crippen LogP contribution in [-0.4, -0.2) is 22.2 Å². The second-order valence-corrected chi connectivity index (χ2v) is 8.55. The molecule has 0 saturated heterocycles. The first-order chi connectivity index (χ1) is 13.6. The van der Waals surface area contributed by atoms with Gasteiger partial charge in [0.05, 0.1) is 0 Å². The maximum absolute atomic E-state index is 12.6. The second-order valence-electron chi connectivity index (χ2n) is 6.35. The molecule has 0 aliphatic rings. The molecule has 2 aromatic carbocycles. The number of hydrogen-bond acceptors (Lipinski definition) is 6. The third-order valence-electron chi connectivity index (χ3n) is 4.33. The monoisotopic (exact) mass is 413 g/mol. The van der Waals surface area contributed by atoms with Crippen molar-refractivity contribution in [3.63, 3.8) is 0 Å². The first-order valence-corrected chi connectivity index (χ1v) is 10.9. The Morgan fingerprint density at radius 3 is 2.68 bits per heavy atom. The zero-order chi connectivity index (χ0) is 19.9. The molecule has 1 heterocycles. The zero-order valence-corrected chi connectivity index (χ0v) is 17.8. The first-order valence-electron chi connectivity index (χ1n) is 9.10. The number of rotatable bonds is 8. The lowest BCUT2D eigenvalue weighted by Gasteiger charge is -2.18. The van der Waals surface area contributed by atoms with E-state index in [1.54, 1.807) is 11.8 Å². The molecule has 146 valence electrons. The van der Waals surface area contributed by atoms with Gasteiger partial charge in [-0.15, -0.1) is 10.2 Å². The summed E-state index contributed by atoms with van der Waals surface area (Å²) in [5, 5.41) is 11.6. The van der Waals surface area contributed by atoms with Crippen LogP contribution in [0.2, 0.25) is 0 Å². The Balaban J connectivity index is 1.58. The minimum absolute atomic E-state index is 0.209. The highest BCUT2D eigenvalue weighted by atomic mass is 32.2. The Hall–Kier alpha value is -2.38. The molecule has 1 N–H and O–H groups in total. The topological polar surface area (TPSA) is 64.1 Å². The summed E-state index contributed by atoms with van der Waals surface area (Å²) < 4.78 is 6.78. The number of aryl methyl sites for hydroxylation is 1. The lowest BCUT2D eigenvalue weighted by atomic mass is 10.1. The van der Waals surface area contributed by atoms with Crippen molar-refractivity contribution >= 4 is 34.1 Å². The number of anilines is 1. The van der Waals surface area contributed by atoms with Gasteiger partial charge in [0.25, 0.3) is 5.91 Å². The largest absolute Gasteiger partial charge is 0.480 e. The molecular weight excluding hydrogens is 390 g/mol. The van der Waals surface area contributed by atoms with Gasteiger partial charge >= 0.3 is 0 Å². The Morgan fingerprint density at radius 2 is 1.93 bits per heavy atom. The number of amides is 1. The molecule has 7 heteroatoms. The van der Waals surface area contributed by atoms with Crippen LogP contribution in [0, 0.1) is 13.8 Å². The molecule has 3 aromatic rings. The van der Waals surface area contributed by atoms with Gasteiger partial charge in [-0.1, -0.05) is 72.5 Å². The van der Waals surface area contributed by atoms with Crippen molar-refractivity contribution in [1.82, 2.24) is 10.2 Å². The average Bonchev–Trinajstić information content (AvgIpc) is 3.15. The van der Waals surface area contributed by atoms with Gasteiger partial charge in [0, 0.05) is 5.75 Å². The fraction of sp³-hybridized carbons (Fsp3) is 0.286. The summed E-state index contributed by atoms with van der Waals surface area (Å²) in [4.78, 5) is 12.6. The van der Waals surface area contributed by atoms with Crippen LogP contribution in [0.25, 0.3) is 0 Å². The Bertz CT molecular complexity index is 928. The van der Waals surface area contributed by atoms with Crippen LogP contribution in [0.3, 0.4) is 0 Å². The Labute approximate surface area is 173 Å². The smallest absolute Gasteiger partial charge is 0.267 e. The van der Waals surface area contributed by atoms with E-state index in [0.29, 0.717) is 11.6 Å². The minimum atomic E-state index is -0.579. The second kappa shape index (κ2) is 9.71. The molecule has 3 rings (SSSR count). The minimum Gasteiger partial charge on any atom is -0.480 e. The summed E-state index contributed by atoms with van der Waals surface area (Å²) in [7, 11) is 0. The molecule has 0 fully saturated rings. The number of hydrogen-bond donors (Lipinski definition) is 1. The molecular formula is C21H23N3O2S2. The van der Waals surface area contributed by atoms with Crippen molar-refractivity contribution in [2.75, 3.05) is 5.32 Å². The molecule has 1 unspecified atom stereocenters. The van der Waals surface area contributed by atoms with Gasteiger partial charge in [-0.25, -0.2) is 0 Å². The number of benzene rings is 2. The van der Waals surface area contributed by atoms with E-state index < -0.39 is 6.10 Å². The number of carbonyl (C=O) groups excluding carboxylic acids is 1. The zero-order valence-electron chi connectivity index (χ0n) is 16.1. The summed E-state index contributed by atoms with van der Waals surface area (Å²) >= 11 is 2.98. The van der Waals surface area contributed by atoms with Crippen LogP contribution in [0.1, 0.15) is 30.0 Å². The van der Waals surface area contributed by atoms with E-state index in [9.17, 15) is 4.79 Å². The van der Waals surface area contributed by atoms with Crippen LogP contribution in [0.15, 0.2) is 52.9 Å². The fourth-order valence-electron chi connectivity index (χ4n) is 2.55. The fourth-order valence-corrected chi connectivity index (χ4v) is 4.26. The molecule has 0 aliphatic heterocycles. The van der Waals surface area contributed by atoms with E-state index in [4.69, 9.17) is 4.74 Å². The molecule has 1 amide bonds. The molecule has 0 bridgehead atoms. The predicted octanol–water partition coefficient (Wildman–Crippen LogP) is 5.24. The van der Waals surface area contributed by atoms with Crippen molar-refractivity contribution < 1.29 is 9.53 Å². The van der Waals surface area contributed by atoms with Crippen LogP contribution in [-0.2, 0) is 10.5 Å². The van der Waals surface area contributed by atoms with E-state index in [1.165, 1.54) is 16.9 Å². The summed E-state index contributed by atoms with van der Waals surface area (Å²) in [5.74, 6) is 1.34. The normalized spacial score (nSPS) is 11.8. The van der Waals surface area contributed by atoms with Crippen LogP contribution in [0.4, 0.5) is 5.13 Å². The SMILES string of the molecule is CCC(Oc1cccc(C)c1C)C(=O)Nc1nnc(SCc2ccccc2)s1. The summed E-state index contributed by atoms with van der Waals surface area (Å²) in [6.07, 6.45) is -0.0157. The van der Waals surface area contributed by atoms with E-state index in [0.717, 1.165) is 27.0 Å². The standard InChI is InChI=1S/C21H23N3O2S2/c1-4-17(26-18-12-8-9-14(2)15(18)3)19(25)22-20-23-24-21(28-20)27-13-16-10-6-5-7-11-16/h5-12,17H,4,13H2,1-3H3,(H,22,23,25). The van der Waals surface area contributed by atoms with Crippen molar-refractivity contribution in [3.8, 4) is 5.75 Å². The highest BCUT2D eigenvalue weighted by Crippen LogP contribution is 2.29. The molecule has 0 aliphatic carbocycles. The number of nitrogens with one attached hydrogen (secondary N) is 1. The van der Waals surface area contributed by atoms with Gasteiger partial charge in [-0.3, -0.25) is 10.1 Å². The highest BCUT2D eigenvalue weighted by molar-refractivity contribution is 8.00. The third-order valence-corrected chi connectivity index (χ3v) is 6.37. The van der Waals surface area contributed by atoms with E-state index in [-0.39, 0.29) is 5.91 Å². The predicted molar refractivity (Wildman–Crippen MR) is 115 cm³/mol. The maximum Gasteiger partial charge on any atom is 0.267 e. The lowest BCUT2D eigenvalue weighted by molar-refractivity contribution is -0.122. The third kappa shape index (κ3) is 5.33. The number of nitrogens with zero attached hydrogens (tertiary/aromatic N) is 2. The van der Waals surface area contributed by atoms with Gasteiger partial charge in [0.1, 0.15) is 5.75 Å². The van der Waals surface area contributed by atoms with E-state index >= 15 is 0 Å². The molecule has 5 nitrogen and oxygen atoms in total. The Morgan fingerprint density at radius 1 is 1.14 bits per heavy atom. The van der Waals surface area contributed by atoms with Gasteiger partial charge in [-0.05, 0) is 43.0 Å². The molecule has 0 radical (unpaired) electrons. The van der Waals surface area contributed by atoms with Gasteiger partial charge < -0.3 is 4.74 Å². The molecule has 0 spiro atoms. The average molecular weight is 414 g/mol. The summed E-state index contributed by atoms with van der Waals surface area (Å²) in [5.41, 5.74) is 3.41. The summed E-state index contributed by atoms with van der Waals surface area (Å²) in [6, 6.07) is 16.0. The molecule has 1 aromatic heterocycles. The maximum atomic E-state index is 12.6. The highest BCUT2D eigenvalue weighted by Gasteiger charge is 2.21. The number of carbonyl (C=O) groups is 1. The molecule has 0 saturated carbocycles. The van der Waals surface area contributed by atoms with Crippen LogP contribution >= 0.6 is 23.1 Å². The summed E-state index contributed by atoms with van der Waals surface area (Å²) in [6.45, 7) is 5.95. The Kier molecular flexibility index (Phi) is 7.06. The number of thioether (sulfide) groups is 1. The lowest BCUT2D eigenvalue weighted by Crippen LogP contribution is -2.32. The van der Waals surface area contributed by atoms with Crippen molar-refractivity contribution in [2.45, 2.75) is 43.4 Å². The molecule has 28 heavy (non-hydrogen) atoms. The van der Waals surface area contributed by atoms with Crippen LogP contribution in [0.5, 0.6) is 5.75 Å². The number of aromatic nitrogens is 2. The van der Waals surface area contributed by atoms with Crippen molar-refractivity contribution in [2.24, 2.45) is 0 Å². The van der Waals surface area contributed by atoms with Gasteiger partial charge in [-0.2, -0.15) is 0 Å². The van der Waals surface area contributed by atoms with E-state index in [2.05, 4.69) is 27.6 Å². The van der Waals surface area contributed by atoms with Crippen molar-refractivity contribution in [1.29, 1.82) is 0 Å². The van der Waals surface area contributed by atoms with Crippen LogP contribution < -0.4 is 10.1 Å². The van der Waals surface area contributed by atoms with Gasteiger partial charge in [0.2, 0.25) is 5.13 Å². The van der Waals surface area contributed by atoms with Gasteiger partial charge in [0.15, 0.2) is 10.4 Å². The van der Waals surface area contributed by atoms with Crippen molar-refractivity contribution in [3.05, 3.63) is 65.2 Å². The van der Waals surface area contributed by atoms with E-state index in [1.807, 2.05) is 57.2 Å².